The van der Waals surface area contributed by atoms with Crippen molar-refractivity contribution >= 4 is 23.2 Å². The molecule has 2 heterocycles. The van der Waals surface area contributed by atoms with Crippen LogP contribution in [0.4, 0.5) is 0 Å². The van der Waals surface area contributed by atoms with Crippen molar-refractivity contribution in [2.75, 3.05) is 39.8 Å². The van der Waals surface area contributed by atoms with Crippen molar-refractivity contribution in [2.45, 2.75) is 19.3 Å². The first-order valence-corrected chi connectivity index (χ1v) is 10.2. The highest BCUT2D eigenvalue weighted by Crippen LogP contribution is 2.24. The summed E-state index contributed by atoms with van der Waals surface area (Å²) in [4.78, 5) is 30.5. The predicted octanol–water partition coefficient (Wildman–Crippen LogP) is 2.27. The van der Waals surface area contributed by atoms with Gasteiger partial charge in [-0.2, -0.15) is 0 Å². The van der Waals surface area contributed by atoms with Gasteiger partial charge in [0.2, 0.25) is 11.8 Å². The fraction of sp³-hybridized carbons (Fsp3) is 0.429. The second kappa shape index (κ2) is 9.15. The molecular formula is C21H27N3O2S. The van der Waals surface area contributed by atoms with Crippen LogP contribution in [0.1, 0.15) is 21.9 Å². The van der Waals surface area contributed by atoms with Gasteiger partial charge in [-0.05, 0) is 37.4 Å². The van der Waals surface area contributed by atoms with Crippen LogP contribution in [-0.4, -0.2) is 61.4 Å². The summed E-state index contributed by atoms with van der Waals surface area (Å²) in [5, 5.41) is 4.90. The quantitative estimate of drug-likeness (QED) is 0.830. The number of carbonyl (C=O) groups is 2. The van der Waals surface area contributed by atoms with E-state index in [1.54, 1.807) is 11.3 Å². The maximum atomic E-state index is 12.9. The number of aryl methyl sites for hydroxylation is 1. The average molecular weight is 386 g/mol. The summed E-state index contributed by atoms with van der Waals surface area (Å²) in [5.74, 6) is -0.380. The van der Waals surface area contributed by atoms with Gasteiger partial charge >= 0.3 is 0 Å². The third-order valence-electron chi connectivity index (χ3n) is 5.05. The Kier molecular flexibility index (Phi) is 6.63. The molecule has 0 bridgehead atoms. The van der Waals surface area contributed by atoms with E-state index in [-0.39, 0.29) is 24.3 Å². The van der Waals surface area contributed by atoms with Crippen molar-refractivity contribution in [1.29, 1.82) is 0 Å². The highest BCUT2D eigenvalue weighted by Gasteiger charge is 2.24. The molecule has 5 nitrogen and oxygen atoms in total. The van der Waals surface area contributed by atoms with Gasteiger partial charge in [0.05, 0.1) is 12.5 Å². The van der Waals surface area contributed by atoms with E-state index in [0.717, 1.165) is 31.7 Å². The average Bonchev–Trinajstić information content (AvgIpc) is 3.18. The molecule has 144 valence electrons. The number of piperazine rings is 1. The number of amides is 2. The molecule has 0 radical (unpaired) electrons. The molecule has 0 spiro atoms. The van der Waals surface area contributed by atoms with Crippen LogP contribution in [0.2, 0.25) is 0 Å². The number of hydrogen-bond donors (Lipinski definition) is 1. The number of nitrogens with zero attached hydrogens (tertiary/aromatic N) is 2. The number of benzene rings is 1. The van der Waals surface area contributed by atoms with Crippen LogP contribution in [0.15, 0.2) is 41.8 Å². The molecular weight excluding hydrogens is 358 g/mol. The molecule has 0 aliphatic carbocycles. The minimum atomic E-state index is -0.287. The van der Waals surface area contributed by atoms with Crippen LogP contribution in [0.25, 0.3) is 0 Å². The standard InChI is InChI=1S/C21H27N3O2S/c1-16-5-7-17(8-6-16)19(14-18-4-3-13-27-18)21(26)22-15-20(25)24-11-9-23(2)10-12-24/h3-8,13,19H,9-12,14-15H2,1-2H3,(H,22,26). The smallest absolute Gasteiger partial charge is 0.242 e. The largest absolute Gasteiger partial charge is 0.346 e. The fourth-order valence-corrected chi connectivity index (χ4v) is 4.00. The van der Waals surface area contributed by atoms with E-state index in [1.807, 2.05) is 47.5 Å². The molecule has 27 heavy (non-hydrogen) atoms. The summed E-state index contributed by atoms with van der Waals surface area (Å²) >= 11 is 1.65. The maximum Gasteiger partial charge on any atom is 0.242 e. The van der Waals surface area contributed by atoms with E-state index in [4.69, 9.17) is 0 Å². The first-order valence-electron chi connectivity index (χ1n) is 9.36. The molecule has 1 atom stereocenters. The summed E-state index contributed by atoms with van der Waals surface area (Å²) < 4.78 is 0. The van der Waals surface area contributed by atoms with E-state index >= 15 is 0 Å². The number of nitrogens with one attached hydrogen (secondary N) is 1. The van der Waals surface area contributed by atoms with E-state index in [1.165, 1.54) is 10.4 Å². The number of thiophene rings is 1. The van der Waals surface area contributed by atoms with E-state index < -0.39 is 0 Å². The fourth-order valence-electron chi connectivity index (χ4n) is 3.24. The molecule has 0 saturated carbocycles. The Labute approximate surface area is 165 Å². The van der Waals surface area contributed by atoms with Crippen LogP contribution in [0.3, 0.4) is 0 Å². The lowest BCUT2D eigenvalue weighted by atomic mass is 9.93. The Balaban J connectivity index is 1.63. The van der Waals surface area contributed by atoms with Crippen LogP contribution in [0, 0.1) is 6.92 Å². The monoisotopic (exact) mass is 385 g/mol. The molecule has 3 rings (SSSR count). The Hall–Kier alpha value is -2.18. The van der Waals surface area contributed by atoms with Crippen LogP contribution < -0.4 is 5.32 Å². The lowest BCUT2D eigenvalue weighted by Gasteiger charge is -2.32. The predicted molar refractivity (Wildman–Crippen MR) is 109 cm³/mol. The second-order valence-electron chi connectivity index (χ2n) is 7.15. The van der Waals surface area contributed by atoms with Gasteiger partial charge in [0, 0.05) is 31.1 Å². The Morgan fingerprint density at radius 3 is 2.44 bits per heavy atom. The topological polar surface area (TPSA) is 52.7 Å². The van der Waals surface area contributed by atoms with Crippen molar-refractivity contribution in [1.82, 2.24) is 15.1 Å². The Morgan fingerprint density at radius 2 is 1.81 bits per heavy atom. The van der Waals surface area contributed by atoms with Gasteiger partial charge in [-0.3, -0.25) is 9.59 Å². The maximum absolute atomic E-state index is 12.9. The van der Waals surface area contributed by atoms with Gasteiger partial charge in [0.1, 0.15) is 0 Å². The molecule has 2 aromatic rings. The summed E-state index contributed by atoms with van der Waals surface area (Å²) in [7, 11) is 2.06. The minimum absolute atomic E-state index is 0.00442. The first-order chi connectivity index (χ1) is 13.0. The van der Waals surface area contributed by atoms with Crippen molar-refractivity contribution < 1.29 is 9.59 Å². The molecule has 1 aliphatic rings. The lowest BCUT2D eigenvalue weighted by molar-refractivity contribution is -0.134. The van der Waals surface area contributed by atoms with Crippen molar-refractivity contribution in [3.8, 4) is 0 Å². The third kappa shape index (κ3) is 5.40. The Bertz CT molecular complexity index is 750. The minimum Gasteiger partial charge on any atom is -0.346 e. The highest BCUT2D eigenvalue weighted by atomic mass is 32.1. The number of likely N-dealkylation sites (N-methyl/N-ethyl adjacent to an activating group) is 1. The third-order valence-corrected chi connectivity index (χ3v) is 5.95. The Morgan fingerprint density at radius 1 is 1.11 bits per heavy atom. The molecule has 2 amide bonds. The van der Waals surface area contributed by atoms with Crippen molar-refractivity contribution in [2.24, 2.45) is 0 Å². The summed E-state index contributed by atoms with van der Waals surface area (Å²) in [6, 6.07) is 12.1. The molecule has 1 unspecified atom stereocenters. The SMILES string of the molecule is Cc1ccc(C(Cc2cccs2)C(=O)NCC(=O)N2CCN(C)CC2)cc1. The number of rotatable bonds is 6. The zero-order valence-electron chi connectivity index (χ0n) is 16.0. The van der Waals surface area contributed by atoms with Crippen LogP contribution in [0.5, 0.6) is 0 Å². The van der Waals surface area contributed by atoms with Gasteiger partial charge in [-0.25, -0.2) is 0 Å². The molecule has 1 aromatic heterocycles. The summed E-state index contributed by atoms with van der Waals surface area (Å²) in [5.41, 5.74) is 2.15. The lowest BCUT2D eigenvalue weighted by Crippen LogP contribution is -2.50. The van der Waals surface area contributed by atoms with Crippen molar-refractivity contribution in [3.63, 3.8) is 0 Å². The molecule has 1 saturated heterocycles. The zero-order valence-corrected chi connectivity index (χ0v) is 16.8. The summed E-state index contributed by atoms with van der Waals surface area (Å²) in [6.45, 7) is 5.31. The van der Waals surface area contributed by atoms with E-state index in [0.29, 0.717) is 6.42 Å². The highest BCUT2D eigenvalue weighted by molar-refractivity contribution is 7.09. The zero-order chi connectivity index (χ0) is 19.2. The van der Waals surface area contributed by atoms with Gasteiger partial charge in [0.15, 0.2) is 0 Å². The van der Waals surface area contributed by atoms with Crippen LogP contribution in [-0.2, 0) is 16.0 Å². The van der Waals surface area contributed by atoms with Crippen molar-refractivity contribution in [3.05, 3.63) is 57.8 Å². The molecule has 1 fully saturated rings. The van der Waals surface area contributed by atoms with Gasteiger partial charge in [-0.1, -0.05) is 35.9 Å². The first kappa shape index (κ1) is 19.6. The molecule has 1 N–H and O–H groups in total. The number of hydrogen-bond acceptors (Lipinski definition) is 4. The second-order valence-corrected chi connectivity index (χ2v) is 8.18. The molecule has 1 aliphatic heterocycles. The van der Waals surface area contributed by atoms with E-state index in [2.05, 4.69) is 23.3 Å². The number of carbonyl (C=O) groups excluding carboxylic acids is 2. The van der Waals surface area contributed by atoms with Gasteiger partial charge in [-0.15, -0.1) is 11.3 Å². The molecule has 1 aromatic carbocycles. The normalized spacial score (nSPS) is 16.1. The molecule has 6 heteroatoms. The summed E-state index contributed by atoms with van der Waals surface area (Å²) in [6.07, 6.45) is 0.648. The van der Waals surface area contributed by atoms with Gasteiger partial charge < -0.3 is 15.1 Å². The van der Waals surface area contributed by atoms with Crippen LogP contribution >= 0.6 is 11.3 Å². The van der Waals surface area contributed by atoms with E-state index in [9.17, 15) is 9.59 Å². The van der Waals surface area contributed by atoms with Gasteiger partial charge in [0.25, 0.3) is 0 Å².